The van der Waals surface area contributed by atoms with Crippen LogP contribution < -0.4 is 4.72 Å². The summed E-state index contributed by atoms with van der Waals surface area (Å²) >= 11 is 6.28. The minimum atomic E-state index is -3.41. The smallest absolute Gasteiger partial charge is 0.209 e. The van der Waals surface area contributed by atoms with E-state index in [2.05, 4.69) is 18.6 Å². The second-order valence-corrected chi connectivity index (χ2v) is 8.18. The fourth-order valence-electron chi connectivity index (χ4n) is 2.03. The van der Waals surface area contributed by atoms with Crippen LogP contribution in [0.5, 0.6) is 0 Å². The van der Waals surface area contributed by atoms with Gasteiger partial charge in [-0.1, -0.05) is 26.0 Å². The quantitative estimate of drug-likeness (QED) is 0.781. The van der Waals surface area contributed by atoms with Gasteiger partial charge in [-0.3, -0.25) is 0 Å². The van der Waals surface area contributed by atoms with E-state index < -0.39 is 10.0 Å². The van der Waals surface area contributed by atoms with Crippen LogP contribution in [-0.2, 0) is 16.4 Å². The van der Waals surface area contributed by atoms with Crippen molar-refractivity contribution in [1.82, 2.24) is 4.72 Å². The summed E-state index contributed by atoms with van der Waals surface area (Å²) in [5, 5.41) is 0.0891. The van der Waals surface area contributed by atoms with Gasteiger partial charge in [-0.2, -0.15) is 0 Å². The highest BCUT2D eigenvalue weighted by atomic mass is 35.5. The summed E-state index contributed by atoms with van der Waals surface area (Å²) in [5.74, 6) is 0.562. The predicted molar refractivity (Wildman–Crippen MR) is 84.7 cm³/mol. The van der Waals surface area contributed by atoms with Crippen molar-refractivity contribution < 1.29 is 8.42 Å². The third kappa shape index (κ3) is 5.81. The summed E-state index contributed by atoms with van der Waals surface area (Å²) in [6.07, 6.45) is 1.72. The fraction of sp³-hybridized carbons (Fsp3) is 0.600. The lowest BCUT2D eigenvalue weighted by molar-refractivity contribution is 0.561. The maximum atomic E-state index is 12.0. The van der Waals surface area contributed by atoms with Crippen molar-refractivity contribution in [1.29, 1.82) is 0 Å². The van der Waals surface area contributed by atoms with Crippen LogP contribution >= 0.6 is 11.6 Å². The van der Waals surface area contributed by atoms with Gasteiger partial charge in [0.15, 0.2) is 0 Å². The highest BCUT2D eigenvalue weighted by molar-refractivity contribution is 7.89. The van der Waals surface area contributed by atoms with E-state index in [0.717, 1.165) is 18.4 Å². The Kier molecular flexibility index (Phi) is 6.49. The summed E-state index contributed by atoms with van der Waals surface area (Å²) in [6, 6.07) is 6.84. The number of hydrogen-bond acceptors (Lipinski definition) is 2. The molecule has 0 saturated carbocycles. The maximum Gasteiger partial charge on any atom is 0.240 e. The van der Waals surface area contributed by atoms with Crippen LogP contribution in [0.1, 0.15) is 39.7 Å². The maximum absolute atomic E-state index is 12.0. The SMILES string of the molecule is CC(C)CC(Cl)Cc1ccc(S(=O)(=O)NC(C)C)cc1. The van der Waals surface area contributed by atoms with Gasteiger partial charge in [-0.25, -0.2) is 13.1 Å². The van der Waals surface area contributed by atoms with Crippen molar-refractivity contribution in [2.75, 3.05) is 0 Å². The molecule has 3 nitrogen and oxygen atoms in total. The van der Waals surface area contributed by atoms with E-state index in [-0.39, 0.29) is 11.4 Å². The summed E-state index contributed by atoms with van der Waals surface area (Å²) in [7, 11) is -3.41. The monoisotopic (exact) mass is 317 g/mol. The van der Waals surface area contributed by atoms with Gasteiger partial charge in [0.2, 0.25) is 10.0 Å². The minimum absolute atomic E-state index is 0.0891. The van der Waals surface area contributed by atoms with Crippen LogP contribution in [0.2, 0.25) is 0 Å². The molecule has 0 saturated heterocycles. The third-order valence-electron chi connectivity index (χ3n) is 2.81. The van der Waals surface area contributed by atoms with Crippen LogP contribution in [0.3, 0.4) is 0 Å². The Morgan fingerprint density at radius 2 is 1.65 bits per heavy atom. The number of alkyl halides is 1. The first-order valence-corrected chi connectivity index (χ1v) is 8.88. The largest absolute Gasteiger partial charge is 0.240 e. The molecule has 0 spiro atoms. The molecule has 1 aromatic rings. The molecule has 0 radical (unpaired) electrons. The lowest BCUT2D eigenvalue weighted by atomic mass is 10.0. The van der Waals surface area contributed by atoms with Crippen molar-refractivity contribution in [2.45, 2.75) is 56.9 Å². The van der Waals surface area contributed by atoms with Crippen LogP contribution in [0, 0.1) is 5.92 Å². The van der Waals surface area contributed by atoms with E-state index in [9.17, 15) is 8.42 Å². The lowest BCUT2D eigenvalue weighted by Crippen LogP contribution is -2.30. The summed E-state index contributed by atoms with van der Waals surface area (Å²) < 4.78 is 26.5. The molecule has 1 N–H and O–H groups in total. The Bertz CT molecular complexity index is 509. The van der Waals surface area contributed by atoms with Gasteiger partial charge in [0.1, 0.15) is 0 Å². The van der Waals surface area contributed by atoms with Crippen LogP contribution in [-0.4, -0.2) is 19.8 Å². The van der Waals surface area contributed by atoms with Gasteiger partial charge in [0, 0.05) is 11.4 Å². The van der Waals surface area contributed by atoms with Gasteiger partial charge in [0.25, 0.3) is 0 Å². The molecule has 0 heterocycles. The van der Waals surface area contributed by atoms with Gasteiger partial charge in [-0.05, 0) is 50.3 Å². The Morgan fingerprint density at radius 3 is 2.10 bits per heavy atom. The molecule has 0 amide bonds. The van der Waals surface area contributed by atoms with Crippen molar-refractivity contribution in [3.05, 3.63) is 29.8 Å². The Hall–Kier alpha value is -0.580. The van der Waals surface area contributed by atoms with Gasteiger partial charge >= 0.3 is 0 Å². The predicted octanol–water partition coefficient (Wildman–Crippen LogP) is 3.57. The second-order valence-electron chi connectivity index (χ2n) is 5.85. The molecule has 0 aliphatic rings. The van der Waals surface area contributed by atoms with Crippen LogP contribution in [0.15, 0.2) is 29.2 Å². The topological polar surface area (TPSA) is 46.2 Å². The summed E-state index contributed by atoms with van der Waals surface area (Å²) in [5.41, 5.74) is 1.06. The van der Waals surface area contributed by atoms with Gasteiger partial charge < -0.3 is 0 Å². The Labute approximate surface area is 127 Å². The van der Waals surface area contributed by atoms with Crippen molar-refractivity contribution in [2.24, 2.45) is 5.92 Å². The van der Waals surface area contributed by atoms with E-state index in [0.29, 0.717) is 10.8 Å². The molecule has 114 valence electrons. The van der Waals surface area contributed by atoms with Gasteiger partial charge in [-0.15, -0.1) is 11.6 Å². The number of benzene rings is 1. The van der Waals surface area contributed by atoms with Crippen molar-refractivity contribution in [3.8, 4) is 0 Å². The van der Waals surface area contributed by atoms with E-state index in [4.69, 9.17) is 11.6 Å². The standard InChI is InChI=1S/C15H24ClNO2S/c1-11(2)9-14(16)10-13-5-7-15(8-6-13)20(18,19)17-12(3)4/h5-8,11-12,14,17H,9-10H2,1-4H3. The number of hydrogen-bond donors (Lipinski definition) is 1. The summed E-state index contributed by atoms with van der Waals surface area (Å²) in [4.78, 5) is 0.296. The molecule has 1 unspecified atom stereocenters. The second kappa shape index (κ2) is 7.43. The van der Waals surface area contributed by atoms with Crippen molar-refractivity contribution >= 4 is 21.6 Å². The molecule has 1 rings (SSSR count). The lowest BCUT2D eigenvalue weighted by Gasteiger charge is -2.13. The molecule has 1 atom stereocenters. The first-order valence-electron chi connectivity index (χ1n) is 6.96. The normalized spacial score (nSPS) is 13.9. The first kappa shape index (κ1) is 17.5. The van der Waals surface area contributed by atoms with Crippen LogP contribution in [0.25, 0.3) is 0 Å². The molecule has 0 aromatic heterocycles. The molecule has 1 aromatic carbocycles. The number of halogens is 1. The zero-order valence-electron chi connectivity index (χ0n) is 12.6. The molecule has 0 fully saturated rings. The van der Waals surface area contributed by atoms with E-state index in [1.54, 1.807) is 26.0 Å². The first-order chi connectivity index (χ1) is 9.20. The minimum Gasteiger partial charge on any atom is -0.209 e. The highest BCUT2D eigenvalue weighted by Crippen LogP contribution is 2.18. The zero-order valence-corrected chi connectivity index (χ0v) is 14.1. The Balaban J connectivity index is 2.74. The molecular weight excluding hydrogens is 294 g/mol. The van der Waals surface area contributed by atoms with E-state index in [1.165, 1.54) is 0 Å². The fourth-order valence-corrected chi connectivity index (χ4v) is 3.82. The van der Waals surface area contributed by atoms with Crippen molar-refractivity contribution in [3.63, 3.8) is 0 Å². The van der Waals surface area contributed by atoms with Crippen LogP contribution in [0.4, 0.5) is 0 Å². The highest BCUT2D eigenvalue weighted by Gasteiger charge is 2.15. The third-order valence-corrected chi connectivity index (χ3v) is 4.82. The average molecular weight is 318 g/mol. The molecule has 0 aliphatic carbocycles. The zero-order chi connectivity index (χ0) is 15.3. The number of rotatable bonds is 7. The molecule has 5 heteroatoms. The summed E-state index contributed by atoms with van der Waals surface area (Å²) in [6.45, 7) is 7.89. The molecule has 0 aliphatic heterocycles. The number of nitrogens with one attached hydrogen (secondary N) is 1. The molecular formula is C15H24ClNO2S. The van der Waals surface area contributed by atoms with Gasteiger partial charge in [0.05, 0.1) is 4.90 Å². The number of sulfonamides is 1. The molecule has 20 heavy (non-hydrogen) atoms. The Morgan fingerprint density at radius 1 is 1.10 bits per heavy atom. The molecule has 0 bridgehead atoms. The van der Waals surface area contributed by atoms with E-state index in [1.807, 2.05) is 12.1 Å². The van der Waals surface area contributed by atoms with E-state index >= 15 is 0 Å². The average Bonchev–Trinajstić information content (AvgIpc) is 2.26.